The van der Waals surface area contributed by atoms with E-state index in [2.05, 4.69) is 22.5 Å². The Morgan fingerprint density at radius 3 is 2.42 bits per heavy atom. The van der Waals surface area contributed by atoms with Gasteiger partial charge in [0, 0.05) is 102 Å². The van der Waals surface area contributed by atoms with Gasteiger partial charge in [-0.2, -0.15) is 0 Å². The molecule has 5 aliphatic rings. The van der Waals surface area contributed by atoms with Gasteiger partial charge in [0.05, 0.1) is 56.0 Å². The number of benzene rings is 3. The SMILES string of the molecule is COc1cc2cc(c1Cl)N(C)C(=O)CC(OC(=O)[C@@H](C)N(C)C(=O)CCSC1CC(=O)N(CCC(=O)CCCOCCOCC(=O)NCCC(=O)N3Cc4ccccc4C#Cc4ccccc43)C1=O)[C@]1(C)O[C@@H]1[C@@H](C)[C@H]1C[C@](O)(NC(=O)O1)[C@@H](OC)/C=C/C=C(\C)C2. The molecule has 2 unspecified atom stereocenters. The number of ether oxygens (including phenoxy) is 7. The van der Waals surface area contributed by atoms with Gasteiger partial charge in [-0.05, 0) is 75.1 Å². The number of carbonyl (C=O) groups is 9. The predicted molar refractivity (Wildman–Crippen MR) is 341 cm³/mol. The van der Waals surface area contributed by atoms with Crippen molar-refractivity contribution in [3.8, 4) is 17.6 Å². The Morgan fingerprint density at radius 1 is 0.935 bits per heavy atom. The summed E-state index contributed by atoms with van der Waals surface area (Å²) < 4.78 is 40.5. The van der Waals surface area contributed by atoms with Gasteiger partial charge in [-0.25, -0.2) is 9.59 Å². The first-order valence-corrected chi connectivity index (χ1v) is 32.1. The first-order chi connectivity index (χ1) is 43.9. The zero-order chi connectivity index (χ0) is 66.4. The van der Waals surface area contributed by atoms with Gasteiger partial charge in [0.2, 0.25) is 35.4 Å². The Bertz CT molecular complexity index is 3410. The minimum Gasteiger partial charge on any atom is -0.495 e. The Morgan fingerprint density at radius 2 is 1.66 bits per heavy atom. The smallest absolute Gasteiger partial charge is 0.409 e. The third kappa shape index (κ3) is 17.5. The second-order valence-corrected chi connectivity index (χ2v) is 25.4. The second-order valence-electron chi connectivity index (χ2n) is 23.7. The van der Waals surface area contributed by atoms with Gasteiger partial charge in [0.1, 0.15) is 53.1 Å². The molecule has 0 aromatic heterocycles. The number of allylic oxidation sites excluding steroid dienone is 3. The van der Waals surface area contributed by atoms with E-state index in [1.54, 1.807) is 43.0 Å². The first kappa shape index (κ1) is 70.2. The fourth-order valence-corrected chi connectivity index (χ4v) is 12.9. The Labute approximate surface area is 545 Å². The number of epoxide rings is 1. The highest BCUT2D eigenvalue weighted by molar-refractivity contribution is 8.00. The van der Waals surface area contributed by atoms with Crippen LogP contribution in [0, 0.1) is 17.8 Å². The van der Waals surface area contributed by atoms with Gasteiger partial charge in [-0.15, -0.1) is 11.8 Å². The molecule has 3 aromatic rings. The molecule has 0 radical (unpaired) electrons. The monoisotopic (exact) mass is 1310 g/mol. The Balaban J connectivity index is 0.751. The molecule has 92 heavy (non-hydrogen) atoms. The summed E-state index contributed by atoms with van der Waals surface area (Å²) in [4.78, 5) is 126. The lowest BCUT2D eigenvalue weighted by molar-refractivity contribution is -0.162. The fourth-order valence-electron chi connectivity index (χ4n) is 11.5. The van der Waals surface area contributed by atoms with Crippen LogP contribution in [0.5, 0.6) is 5.75 Å². The average Bonchev–Trinajstić information content (AvgIpc) is 1.57. The number of aliphatic hydroxyl groups is 1. The number of likely N-dealkylation sites (tertiary alicyclic amines) is 1. The summed E-state index contributed by atoms with van der Waals surface area (Å²) in [6, 6.07) is 17.5. The molecule has 25 heteroatoms. The molecule has 5 aliphatic heterocycles. The van der Waals surface area contributed by atoms with E-state index in [1.807, 2.05) is 61.5 Å². The molecule has 0 aliphatic carbocycles. The summed E-state index contributed by atoms with van der Waals surface area (Å²) in [7, 11) is 5.82. The molecule has 494 valence electrons. The van der Waals surface area contributed by atoms with Crippen molar-refractivity contribution in [2.24, 2.45) is 5.92 Å². The number of rotatable bonds is 24. The fraction of sp³-hybridized carbons (Fsp3) is 0.507. The summed E-state index contributed by atoms with van der Waals surface area (Å²) in [6.07, 6.45) is 0.559. The van der Waals surface area contributed by atoms with Crippen LogP contribution in [-0.2, 0) is 79.7 Å². The molecule has 3 saturated heterocycles. The topological polar surface area (TPSA) is 279 Å². The van der Waals surface area contributed by atoms with Crippen LogP contribution >= 0.6 is 23.4 Å². The van der Waals surface area contributed by atoms with Crippen LogP contribution in [0.25, 0.3) is 0 Å². The molecular weight excluding hydrogens is 1230 g/mol. The van der Waals surface area contributed by atoms with Crippen molar-refractivity contribution < 1.29 is 81.4 Å². The van der Waals surface area contributed by atoms with Crippen molar-refractivity contribution in [1.29, 1.82) is 0 Å². The van der Waals surface area contributed by atoms with Crippen LogP contribution in [-0.4, -0.2) is 189 Å². The maximum Gasteiger partial charge on any atom is 0.409 e. The van der Waals surface area contributed by atoms with E-state index in [0.717, 1.165) is 44.5 Å². The van der Waals surface area contributed by atoms with Crippen molar-refractivity contribution in [3.63, 3.8) is 0 Å². The maximum atomic E-state index is 14.4. The number of esters is 1. The molecule has 3 fully saturated rings. The number of amides is 7. The van der Waals surface area contributed by atoms with Gasteiger partial charge >= 0.3 is 12.1 Å². The molecule has 8 rings (SSSR count). The lowest BCUT2D eigenvalue weighted by atomic mass is 9.83. The summed E-state index contributed by atoms with van der Waals surface area (Å²) >= 11 is 7.96. The van der Waals surface area contributed by atoms with Crippen molar-refractivity contribution >= 4 is 88.0 Å². The molecule has 0 spiro atoms. The van der Waals surface area contributed by atoms with E-state index in [-0.39, 0.29) is 106 Å². The highest BCUT2D eigenvalue weighted by Gasteiger charge is 2.64. The quantitative estimate of drug-likeness (QED) is 0.0305. The summed E-state index contributed by atoms with van der Waals surface area (Å²) in [5.41, 5.74) is 1.97. The summed E-state index contributed by atoms with van der Waals surface area (Å²) in [5.74, 6) is 2.77. The third-order valence-electron chi connectivity index (χ3n) is 17.2. The molecule has 0 saturated carbocycles. The maximum absolute atomic E-state index is 14.4. The lowest BCUT2D eigenvalue weighted by Crippen LogP contribution is -2.63. The van der Waals surface area contributed by atoms with Crippen molar-refractivity contribution in [2.75, 3.05) is 83.4 Å². The van der Waals surface area contributed by atoms with Gasteiger partial charge in [-0.1, -0.05) is 84.5 Å². The number of Topliss-reactive ketones (excluding diaryl/α,β-unsaturated/α-hetero) is 1. The van der Waals surface area contributed by atoms with Crippen LogP contribution in [0.2, 0.25) is 5.02 Å². The number of hydrogen-bond donors (Lipinski definition) is 3. The number of hydrogen-bond acceptors (Lipinski definition) is 18. The van der Waals surface area contributed by atoms with Crippen molar-refractivity contribution in [1.82, 2.24) is 20.4 Å². The number of methoxy groups -OCH3 is 2. The zero-order valence-electron chi connectivity index (χ0n) is 53.1. The van der Waals surface area contributed by atoms with Crippen LogP contribution in [0.1, 0.15) is 101 Å². The van der Waals surface area contributed by atoms with E-state index in [1.165, 1.54) is 45.0 Å². The predicted octanol–water partition coefficient (Wildman–Crippen LogP) is 5.99. The number of alkyl carbamates (subject to hydrolysis) is 1. The molecule has 5 heterocycles. The number of imide groups is 1. The normalized spacial score (nSPS) is 24.9. The van der Waals surface area contributed by atoms with E-state index < -0.39 is 95.1 Å². The van der Waals surface area contributed by atoms with Gasteiger partial charge in [0.25, 0.3) is 0 Å². The van der Waals surface area contributed by atoms with E-state index in [9.17, 15) is 48.3 Å². The number of ketones is 1. The van der Waals surface area contributed by atoms with Crippen LogP contribution in [0.4, 0.5) is 16.2 Å². The minimum absolute atomic E-state index is 0.0406. The highest BCUT2D eigenvalue weighted by Crippen LogP contribution is 2.49. The number of thioether (sulfide) groups is 1. The largest absolute Gasteiger partial charge is 0.495 e. The number of para-hydroxylation sites is 1. The van der Waals surface area contributed by atoms with Crippen molar-refractivity contribution in [2.45, 2.75) is 139 Å². The third-order valence-corrected chi connectivity index (χ3v) is 18.8. The molecule has 3 N–H and O–H groups in total. The second kappa shape index (κ2) is 31.8. The summed E-state index contributed by atoms with van der Waals surface area (Å²) in [6.45, 7) is 7.48. The Kier molecular flexibility index (Phi) is 24.3. The van der Waals surface area contributed by atoms with Crippen LogP contribution in [0.3, 0.4) is 0 Å². The number of carbonyl (C=O) groups excluding carboxylic acids is 9. The van der Waals surface area contributed by atoms with E-state index in [0.29, 0.717) is 36.5 Å². The van der Waals surface area contributed by atoms with E-state index >= 15 is 0 Å². The molecular formula is C67H81ClN6O17S. The molecule has 23 nitrogen and oxygen atoms in total. The average molecular weight is 1310 g/mol. The number of fused-ring (bicyclic) bond motifs is 7. The lowest BCUT2D eigenvalue weighted by Gasteiger charge is -2.42. The number of nitrogens with zero attached hydrogens (tertiary/aromatic N) is 4. The number of likely N-dealkylation sites (N-methyl/N-ethyl adjacent to an activating group) is 1. The number of nitrogens with one attached hydrogen (secondary N) is 2. The van der Waals surface area contributed by atoms with Crippen LogP contribution in [0.15, 0.2) is 84.5 Å². The van der Waals surface area contributed by atoms with Gasteiger partial charge in [0.15, 0.2) is 5.72 Å². The molecule has 3 aromatic carbocycles. The molecule has 7 amide bonds. The highest BCUT2D eigenvalue weighted by atomic mass is 35.5. The van der Waals surface area contributed by atoms with Crippen LogP contribution < -0.4 is 25.2 Å². The number of halogens is 1. The standard InChI is InChI=1S/C67H81ClN6O17S/c1-41-15-13-21-54(86-8)67(84)38-52(89-65(83)70-67)42(2)62-66(4,91-62)55(37-59(79)72(6)50-34-44(33-41)35-51(85-7)61(50)68)90-64(82)43(3)71(5)57(77)26-32-92-53-36-60(80)73(63(53)81)28-25-48(75)19-14-29-87-30-31-88-40-56(76)69-27-24-58(78)74-39-47-18-10-9-16-45(47)22-23-46-17-11-12-20-49(46)74/h9-13,15-18,20-21,34-35,42-43,52-55,62,84H,14,19,24-33,36-40H2,1-8H3,(H,69,76)(H,70,83)/b21-13+,41-15+/t42-,43+,52+,53?,54-,55?,62+,66-,67+/m0/s1. The number of anilines is 2. The van der Waals surface area contributed by atoms with Gasteiger partial charge in [-0.3, -0.25) is 43.8 Å². The molecule has 4 bridgehead atoms. The zero-order valence-corrected chi connectivity index (χ0v) is 54.7. The summed E-state index contributed by atoms with van der Waals surface area (Å²) in [5, 5.41) is 16.5. The van der Waals surface area contributed by atoms with Crippen molar-refractivity contribution in [3.05, 3.63) is 112 Å². The minimum atomic E-state index is -1.90. The molecule has 9 atom stereocenters. The van der Waals surface area contributed by atoms with E-state index in [4.69, 9.17) is 44.8 Å². The van der Waals surface area contributed by atoms with Gasteiger partial charge < -0.3 is 58.3 Å². The Hall–Kier alpha value is -7.63. The first-order valence-electron chi connectivity index (χ1n) is 30.7.